The largest absolute Gasteiger partial charge is 0.497 e. The molecular weight excluding hydrogens is 367 g/mol. The highest BCUT2D eigenvalue weighted by Gasteiger charge is 2.50. The molecule has 2 aromatic carbocycles. The van der Waals surface area contributed by atoms with E-state index in [1.54, 1.807) is 13.2 Å². The Bertz CT molecular complexity index is 880. The van der Waals surface area contributed by atoms with Crippen LogP contribution in [-0.2, 0) is 11.0 Å². The summed E-state index contributed by atoms with van der Waals surface area (Å²) in [4.78, 5) is 14.9. The van der Waals surface area contributed by atoms with Crippen LogP contribution in [0.2, 0.25) is 0 Å². The van der Waals surface area contributed by atoms with Gasteiger partial charge in [0, 0.05) is 12.5 Å². The highest BCUT2D eigenvalue weighted by Crippen LogP contribution is 2.53. The van der Waals surface area contributed by atoms with Crippen molar-refractivity contribution >= 4 is 5.91 Å². The molecule has 0 aromatic heterocycles. The molecule has 1 amide bonds. The van der Waals surface area contributed by atoms with Gasteiger partial charge in [0.05, 0.1) is 18.7 Å². The van der Waals surface area contributed by atoms with Crippen LogP contribution in [0.3, 0.4) is 0 Å². The maximum Gasteiger partial charge on any atom is 0.416 e. The Kier molecular flexibility index (Phi) is 4.81. The zero-order valence-corrected chi connectivity index (χ0v) is 15.6. The number of ether oxygens (including phenoxy) is 1. The molecule has 0 radical (unpaired) electrons. The normalized spacial score (nSPS) is 24.3. The minimum absolute atomic E-state index is 0.0349. The van der Waals surface area contributed by atoms with E-state index in [4.69, 9.17) is 4.74 Å². The van der Waals surface area contributed by atoms with Gasteiger partial charge in [0.2, 0.25) is 5.91 Å². The molecular formula is C22H22F3NO2. The quantitative estimate of drug-likeness (QED) is 0.721. The smallest absolute Gasteiger partial charge is 0.416 e. The first-order valence-corrected chi connectivity index (χ1v) is 9.50. The van der Waals surface area contributed by atoms with Gasteiger partial charge < -0.3 is 9.64 Å². The third kappa shape index (κ3) is 3.48. The van der Waals surface area contributed by atoms with Gasteiger partial charge in [0.25, 0.3) is 0 Å². The molecule has 2 aromatic rings. The molecule has 1 heterocycles. The molecule has 0 spiro atoms. The molecule has 148 valence electrons. The van der Waals surface area contributed by atoms with Crippen LogP contribution in [0, 0.1) is 5.92 Å². The fraction of sp³-hybridized carbons (Fsp3) is 0.409. The predicted octanol–water partition coefficient (Wildman–Crippen LogP) is 5.18. The lowest BCUT2D eigenvalue weighted by Crippen LogP contribution is -2.32. The molecule has 1 aliphatic carbocycles. The van der Waals surface area contributed by atoms with Crippen molar-refractivity contribution in [1.29, 1.82) is 0 Å². The van der Waals surface area contributed by atoms with E-state index in [0.29, 0.717) is 13.0 Å². The van der Waals surface area contributed by atoms with Gasteiger partial charge >= 0.3 is 6.18 Å². The first-order valence-electron chi connectivity index (χ1n) is 9.50. The van der Waals surface area contributed by atoms with Crippen LogP contribution < -0.4 is 4.74 Å². The number of carbonyl (C=O) groups is 1. The molecule has 2 aliphatic rings. The van der Waals surface area contributed by atoms with E-state index < -0.39 is 11.7 Å². The molecule has 6 heteroatoms. The van der Waals surface area contributed by atoms with E-state index >= 15 is 0 Å². The molecule has 3 atom stereocenters. The standard InChI is InChI=1S/C22H22F3NO2/c1-28-15-7-4-6-14(12-15)20-10-5-11-26(20)21(27)18-13-17(18)16-8-2-3-9-19(16)22(23,24)25/h2-4,6-9,12,17-18,20H,5,10-11,13H2,1H3. The Morgan fingerprint density at radius 2 is 1.93 bits per heavy atom. The number of nitrogens with zero attached hydrogens (tertiary/aromatic N) is 1. The minimum atomic E-state index is -4.40. The van der Waals surface area contributed by atoms with E-state index in [2.05, 4.69) is 0 Å². The number of methoxy groups -OCH3 is 1. The van der Waals surface area contributed by atoms with Gasteiger partial charge in [-0.25, -0.2) is 0 Å². The Morgan fingerprint density at radius 1 is 1.14 bits per heavy atom. The monoisotopic (exact) mass is 389 g/mol. The van der Waals surface area contributed by atoms with Crippen LogP contribution in [0.1, 0.15) is 47.9 Å². The number of rotatable bonds is 4. The average Bonchev–Trinajstić information content (AvgIpc) is 3.34. The third-order valence-electron chi connectivity index (χ3n) is 5.79. The maximum absolute atomic E-state index is 13.3. The Hall–Kier alpha value is -2.50. The van der Waals surface area contributed by atoms with Crippen LogP contribution in [0.25, 0.3) is 0 Å². The summed E-state index contributed by atoms with van der Waals surface area (Å²) >= 11 is 0. The minimum Gasteiger partial charge on any atom is -0.497 e. The summed E-state index contributed by atoms with van der Waals surface area (Å²) in [5.74, 6) is -0.0147. The van der Waals surface area contributed by atoms with Crippen LogP contribution in [0.4, 0.5) is 13.2 Å². The van der Waals surface area contributed by atoms with Crippen molar-refractivity contribution < 1.29 is 22.7 Å². The van der Waals surface area contributed by atoms with Gasteiger partial charge in [-0.2, -0.15) is 13.2 Å². The summed E-state index contributed by atoms with van der Waals surface area (Å²) < 4.78 is 45.2. The predicted molar refractivity (Wildman–Crippen MR) is 99.0 cm³/mol. The summed E-state index contributed by atoms with van der Waals surface area (Å²) in [6.07, 6.45) is -2.17. The molecule has 3 unspecified atom stereocenters. The number of carbonyl (C=O) groups excluding carboxylic acids is 1. The molecule has 3 nitrogen and oxygen atoms in total. The zero-order valence-electron chi connectivity index (χ0n) is 15.6. The van der Waals surface area contributed by atoms with E-state index in [-0.39, 0.29) is 29.3 Å². The highest BCUT2D eigenvalue weighted by molar-refractivity contribution is 5.84. The fourth-order valence-corrected chi connectivity index (χ4v) is 4.33. The van der Waals surface area contributed by atoms with Gasteiger partial charge in [0.15, 0.2) is 0 Å². The summed E-state index contributed by atoms with van der Waals surface area (Å²) in [6.45, 7) is 0.644. The molecule has 4 rings (SSSR count). The lowest BCUT2D eigenvalue weighted by Gasteiger charge is -2.26. The molecule has 1 saturated carbocycles. The van der Waals surface area contributed by atoms with Crippen molar-refractivity contribution in [3.63, 3.8) is 0 Å². The van der Waals surface area contributed by atoms with Gasteiger partial charge in [-0.1, -0.05) is 30.3 Å². The SMILES string of the molecule is COc1cccc(C2CCCN2C(=O)C2CC2c2ccccc2C(F)(F)F)c1. The second-order valence-corrected chi connectivity index (χ2v) is 7.50. The molecule has 28 heavy (non-hydrogen) atoms. The Balaban J connectivity index is 1.53. The molecule has 1 aliphatic heterocycles. The fourth-order valence-electron chi connectivity index (χ4n) is 4.33. The van der Waals surface area contributed by atoms with E-state index in [9.17, 15) is 18.0 Å². The summed E-state index contributed by atoms with van der Waals surface area (Å²) in [5, 5.41) is 0. The number of alkyl halides is 3. The van der Waals surface area contributed by atoms with Crippen molar-refractivity contribution in [2.75, 3.05) is 13.7 Å². The number of benzene rings is 2. The number of amides is 1. The Morgan fingerprint density at radius 3 is 2.68 bits per heavy atom. The van der Waals surface area contributed by atoms with Crippen molar-refractivity contribution in [2.45, 2.75) is 37.4 Å². The van der Waals surface area contributed by atoms with Crippen molar-refractivity contribution in [3.05, 3.63) is 65.2 Å². The summed E-state index contributed by atoms with van der Waals surface area (Å²) in [7, 11) is 1.60. The topological polar surface area (TPSA) is 29.5 Å². The van der Waals surface area contributed by atoms with Crippen LogP contribution in [-0.4, -0.2) is 24.5 Å². The van der Waals surface area contributed by atoms with Crippen LogP contribution >= 0.6 is 0 Å². The summed E-state index contributed by atoms with van der Waals surface area (Å²) in [5.41, 5.74) is 0.629. The van der Waals surface area contributed by atoms with Crippen molar-refractivity contribution in [3.8, 4) is 5.75 Å². The number of likely N-dealkylation sites (tertiary alicyclic amines) is 1. The zero-order chi connectivity index (χ0) is 19.9. The molecule has 0 bridgehead atoms. The summed E-state index contributed by atoms with van der Waals surface area (Å²) in [6, 6.07) is 13.2. The second kappa shape index (κ2) is 7.15. The Labute approximate surface area is 162 Å². The van der Waals surface area contributed by atoms with Crippen LogP contribution in [0.5, 0.6) is 5.75 Å². The lowest BCUT2D eigenvalue weighted by molar-refractivity contribution is -0.139. The molecule has 2 fully saturated rings. The lowest BCUT2D eigenvalue weighted by atomic mass is 10.0. The van der Waals surface area contributed by atoms with E-state index in [1.807, 2.05) is 29.2 Å². The first-order chi connectivity index (χ1) is 13.4. The highest BCUT2D eigenvalue weighted by atomic mass is 19.4. The number of halogens is 3. The maximum atomic E-state index is 13.3. The van der Waals surface area contributed by atoms with E-state index in [1.165, 1.54) is 12.1 Å². The average molecular weight is 389 g/mol. The van der Waals surface area contributed by atoms with Crippen molar-refractivity contribution in [1.82, 2.24) is 4.90 Å². The first kappa shape index (κ1) is 18.8. The van der Waals surface area contributed by atoms with Gasteiger partial charge in [-0.15, -0.1) is 0 Å². The molecule has 0 N–H and O–H groups in total. The second-order valence-electron chi connectivity index (χ2n) is 7.50. The number of hydrogen-bond acceptors (Lipinski definition) is 2. The van der Waals surface area contributed by atoms with Crippen LogP contribution in [0.15, 0.2) is 48.5 Å². The van der Waals surface area contributed by atoms with Gasteiger partial charge in [-0.3, -0.25) is 4.79 Å². The van der Waals surface area contributed by atoms with Gasteiger partial charge in [-0.05, 0) is 54.5 Å². The van der Waals surface area contributed by atoms with E-state index in [0.717, 1.165) is 30.2 Å². The third-order valence-corrected chi connectivity index (χ3v) is 5.79. The number of hydrogen-bond donors (Lipinski definition) is 0. The molecule has 1 saturated heterocycles. The van der Waals surface area contributed by atoms with Gasteiger partial charge in [0.1, 0.15) is 5.75 Å². The van der Waals surface area contributed by atoms with Crippen molar-refractivity contribution in [2.24, 2.45) is 5.92 Å².